The average molecular weight is 224 g/mol. The van der Waals surface area contributed by atoms with Gasteiger partial charge in [-0.3, -0.25) is 10.1 Å². The van der Waals surface area contributed by atoms with E-state index in [0.717, 1.165) is 38.6 Å². The molecule has 3 nitrogen and oxygen atoms in total. The Hall–Kier alpha value is -0.570. The Morgan fingerprint density at radius 2 is 2.19 bits per heavy atom. The molecule has 0 aromatic carbocycles. The van der Waals surface area contributed by atoms with Crippen molar-refractivity contribution in [1.29, 1.82) is 0 Å². The van der Waals surface area contributed by atoms with Crippen LogP contribution >= 0.6 is 0 Å². The molecule has 0 bridgehead atoms. The van der Waals surface area contributed by atoms with Crippen LogP contribution in [0, 0.1) is 5.92 Å². The molecule has 1 aliphatic heterocycles. The first kappa shape index (κ1) is 11.9. The number of hydrogen-bond acceptors (Lipinski definition) is 2. The van der Waals surface area contributed by atoms with E-state index in [2.05, 4.69) is 31.0 Å². The van der Waals surface area contributed by atoms with Gasteiger partial charge in [-0.1, -0.05) is 27.2 Å². The van der Waals surface area contributed by atoms with E-state index in [-0.39, 0.29) is 5.54 Å². The molecule has 2 aliphatic rings. The molecule has 2 fully saturated rings. The van der Waals surface area contributed by atoms with Gasteiger partial charge in [-0.05, 0) is 31.6 Å². The largest absolute Gasteiger partial charge is 0.326 e. The highest BCUT2D eigenvalue weighted by atomic mass is 16.2. The number of carbonyl (C=O) groups is 1. The monoisotopic (exact) mass is 224 g/mol. The SMILES string of the molecule is CCCCN1C(=O)C2(CC2)NC1CC(C)C. The molecule has 92 valence electrons. The van der Waals surface area contributed by atoms with Crippen molar-refractivity contribution in [1.82, 2.24) is 10.2 Å². The number of nitrogens with one attached hydrogen (secondary N) is 1. The third-order valence-electron chi connectivity index (χ3n) is 3.69. The van der Waals surface area contributed by atoms with Crippen molar-refractivity contribution in [3.05, 3.63) is 0 Å². The number of nitrogens with zero attached hydrogens (tertiary/aromatic N) is 1. The van der Waals surface area contributed by atoms with Gasteiger partial charge in [0.15, 0.2) is 0 Å². The summed E-state index contributed by atoms with van der Waals surface area (Å²) >= 11 is 0. The topological polar surface area (TPSA) is 32.3 Å². The van der Waals surface area contributed by atoms with Crippen LogP contribution in [0.3, 0.4) is 0 Å². The first-order chi connectivity index (χ1) is 7.59. The second-order valence-electron chi connectivity index (χ2n) is 5.72. The predicted molar refractivity (Wildman–Crippen MR) is 65.0 cm³/mol. The molecule has 16 heavy (non-hydrogen) atoms. The van der Waals surface area contributed by atoms with Gasteiger partial charge in [0.05, 0.1) is 11.7 Å². The molecule has 1 atom stereocenters. The van der Waals surface area contributed by atoms with E-state index in [1.54, 1.807) is 0 Å². The van der Waals surface area contributed by atoms with Gasteiger partial charge < -0.3 is 4.90 Å². The van der Waals surface area contributed by atoms with Crippen molar-refractivity contribution >= 4 is 5.91 Å². The zero-order chi connectivity index (χ0) is 11.8. The maximum absolute atomic E-state index is 12.3. The summed E-state index contributed by atoms with van der Waals surface area (Å²) < 4.78 is 0. The highest BCUT2D eigenvalue weighted by Gasteiger charge is 2.58. The molecule has 1 saturated heterocycles. The summed E-state index contributed by atoms with van der Waals surface area (Å²) in [4.78, 5) is 14.3. The van der Waals surface area contributed by atoms with Crippen molar-refractivity contribution in [2.24, 2.45) is 5.92 Å². The molecule has 2 rings (SSSR count). The minimum absolute atomic E-state index is 0.132. The van der Waals surface area contributed by atoms with Gasteiger partial charge in [0.25, 0.3) is 0 Å². The van der Waals surface area contributed by atoms with Gasteiger partial charge in [0, 0.05) is 6.54 Å². The minimum atomic E-state index is -0.132. The highest BCUT2D eigenvalue weighted by molar-refractivity contribution is 5.91. The molecular weight excluding hydrogens is 200 g/mol. The molecule has 3 heteroatoms. The van der Waals surface area contributed by atoms with Crippen molar-refractivity contribution in [2.45, 2.75) is 64.6 Å². The first-order valence-electron chi connectivity index (χ1n) is 6.68. The van der Waals surface area contributed by atoms with Crippen molar-refractivity contribution in [3.8, 4) is 0 Å². The Morgan fingerprint density at radius 3 is 2.69 bits per heavy atom. The molecule has 0 aromatic rings. The van der Waals surface area contributed by atoms with Crippen LogP contribution < -0.4 is 5.32 Å². The fourth-order valence-electron chi connectivity index (χ4n) is 2.58. The van der Waals surface area contributed by atoms with Crippen LogP contribution in [0.2, 0.25) is 0 Å². The van der Waals surface area contributed by atoms with E-state index in [1.807, 2.05) is 0 Å². The van der Waals surface area contributed by atoms with Crippen molar-refractivity contribution < 1.29 is 4.79 Å². The molecule has 1 N–H and O–H groups in total. The molecule has 0 radical (unpaired) electrons. The second kappa shape index (κ2) is 4.36. The predicted octanol–water partition coefficient (Wildman–Crippen LogP) is 2.12. The molecule has 1 amide bonds. The lowest BCUT2D eigenvalue weighted by atomic mass is 10.1. The number of amides is 1. The van der Waals surface area contributed by atoms with E-state index in [9.17, 15) is 4.79 Å². The Labute approximate surface area is 98.6 Å². The van der Waals surface area contributed by atoms with E-state index >= 15 is 0 Å². The smallest absolute Gasteiger partial charge is 0.244 e. The van der Waals surface area contributed by atoms with Crippen LogP contribution in [0.1, 0.15) is 52.9 Å². The lowest BCUT2D eigenvalue weighted by molar-refractivity contribution is -0.131. The highest BCUT2D eigenvalue weighted by Crippen LogP contribution is 2.43. The van der Waals surface area contributed by atoms with Gasteiger partial charge in [-0.25, -0.2) is 0 Å². The van der Waals surface area contributed by atoms with E-state index in [0.29, 0.717) is 18.0 Å². The Kier molecular flexibility index (Phi) is 3.24. The summed E-state index contributed by atoms with van der Waals surface area (Å²) in [5.74, 6) is 1.01. The molecule has 1 saturated carbocycles. The molecule has 0 aromatic heterocycles. The third-order valence-corrected chi connectivity index (χ3v) is 3.69. The lowest BCUT2D eigenvalue weighted by Gasteiger charge is -2.25. The van der Waals surface area contributed by atoms with Crippen LogP contribution in [0.4, 0.5) is 0 Å². The minimum Gasteiger partial charge on any atom is -0.326 e. The standard InChI is InChI=1S/C13H24N2O/c1-4-5-8-15-11(9-10(2)3)14-13(6-7-13)12(15)16/h10-11,14H,4-9H2,1-3H3. The van der Waals surface area contributed by atoms with Gasteiger partial charge >= 0.3 is 0 Å². The molecule has 1 aliphatic carbocycles. The Balaban J connectivity index is 2.01. The Bertz CT molecular complexity index is 271. The number of hydrogen-bond donors (Lipinski definition) is 1. The van der Waals surface area contributed by atoms with Gasteiger partial charge in [0.2, 0.25) is 5.91 Å². The lowest BCUT2D eigenvalue weighted by Crippen LogP contribution is -2.39. The maximum Gasteiger partial charge on any atom is 0.244 e. The van der Waals surface area contributed by atoms with E-state index < -0.39 is 0 Å². The zero-order valence-electron chi connectivity index (χ0n) is 10.8. The van der Waals surface area contributed by atoms with Crippen LogP contribution in [-0.2, 0) is 4.79 Å². The summed E-state index contributed by atoms with van der Waals surface area (Å²) in [5, 5.41) is 3.56. The fourth-order valence-corrected chi connectivity index (χ4v) is 2.58. The fraction of sp³-hybridized carbons (Fsp3) is 0.923. The van der Waals surface area contributed by atoms with Crippen LogP contribution in [0.15, 0.2) is 0 Å². The van der Waals surface area contributed by atoms with E-state index in [1.165, 1.54) is 0 Å². The number of rotatable bonds is 5. The molecule has 1 unspecified atom stereocenters. The van der Waals surface area contributed by atoms with Gasteiger partial charge in [-0.15, -0.1) is 0 Å². The number of carbonyl (C=O) groups excluding carboxylic acids is 1. The summed E-state index contributed by atoms with van der Waals surface area (Å²) in [6.45, 7) is 7.56. The third kappa shape index (κ3) is 2.10. The molecule has 1 spiro atoms. The van der Waals surface area contributed by atoms with Crippen LogP contribution in [0.25, 0.3) is 0 Å². The van der Waals surface area contributed by atoms with Gasteiger partial charge in [-0.2, -0.15) is 0 Å². The quantitative estimate of drug-likeness (QED) is 0.776. The number of unbranched alkanes of at least 4 members (excludes halogenated alkanes) is 1. The maximum atomic E-state index is 12.3. The van der Waals surface area contributed by atoms with Gasteiger partial charge in [0.1, 0.15) is 0 Å². The van der Waals surface area contributed by atoms with Crippen LogP contribution in [-0.4, -0.2) is 29.1 Å². The first-order valence-corrected chi connectivity index (χ1v) is 6.68. The van der Waals surface area contributed by atoms with E-state index in [4.69, 9.17) is 0 Å². The molecular formula is C13H24N2O. The summed E-state index contributed by atoms with van der Waals surface area (Å²) in [5.41, 5.74) is -0.132. The normalized spacial score (nSPS) is 27.1. The average Bonchev–Trinajstić information content (AvgIpc) is 2.93. The summed E-state index contributed by atoms with van der Waals surface area (Å²) in [6.07, 6.45) is 5.74. The van der Waals surface area contributed by atoms with Crippen molar-refractivity contribution in [3.63, 3.8) is 0 Å². The summed E-state index contributed by atoms with van der Waals surface area (Å²) in [6, 6.07) is 0. The van der Waals surface area contributed by atoms with Crippen LogP contribution in [0.5, 0.6) is 0 Å². The van der Waals surface area contributed by atoms with Crippen molar-refractivity contribution in [2.75, 3.05) is 6.54 Å². The zero-order valence-corrected chi connectivity index (χ0v) is 10.8. The molecule has 1 heterocycles. The summed E-state index contributed by atoms with van der Waals surface area (Å²) in [7, 11) is 0. The Morgan fingerprint density at radius 1 is 1.50 bits per heavy atom. The second-order valence-corrected chi connectivity index (χ2v) is 5.72.